The number of ether oxygens (including phenoxy) is 1. The van der Waals surface area contributed by atoms with E-state index in [9.17, 15) is 5.11 Å². The summed E-state index contributed by atoms with van der Waals surface area (Å²) in [6, 6.07) is 1.70. The van der Waals surface area contributed by atoms with Crippen LogP contribution < -0.4 is 0 Å². The van der Waals surface area contributed by atoms with E-state index in [1.807, 2.05) is 6.08 Å². The van der Waals surface area contributed by atoms with Crippen molar-refractivity contribution in [3.8, 4) is 0 Å². The minimum Gasteiger partial charge on any atom is -0.495 e. The Hall–Kier alpha value is -1.06. The average molecular weight is 226 g/mol. The van der Waals surface area contributed by atoms with Gasteiger partial charge in [-0.25, -0.2) is 0 Å². The zero-order chi connectivity index (χ0) is 10.7. The molecular weight excluding hydrogens is 214 g/mol. The van der Waals surface area contributed by atoms with E-state index in [1.165, 1.54) is 6.20 Å². The van der Waals surface area contributed by atoms with Crippen LogP contribution in [0.5, 0.6) is 0 Å². The van der Waals surface area contributed by atoms with Gasteiger partial charge in [0.05, 0.1) is 11.6 Å². The molecule has 0 amide bonds. The molecule has 0 saturated heterocycles. The monoisotopic (exact) mass is 225 g/mol. The van der Waals surface area contributed by atoms with Crippen LogP contribution in [0.4, 0.5) is 0 Å². The molecule has 4 heteroatoms. The summed E-state index contributed by atoms with van der Waals surface area (Å²) in [7, 11) is 0. The van der Waals surface area contributed by atoms with Crippen LogP contribution in [-0.4, -0.2) is 16.7 Å². The van der Waals surface area contributed by atoms with Gasteiger partial charge in [0.1, 0.15) is 11.9 Å². The molecular formula is C11H12ClNO2. The van der Waals surface area contributed by atoms with E-state index in [-0.39, 0.29) is 0 Å². The van der Waals surface area contributed by atoms with Gasteiger partial charge in [0.2, 0.25) is 0 Å². The van der Waals surface area contributed by atoms with E-state index < -0.39 is 6.10 Å². The van der Waals surface area contributed by atoms with E-state index in [4.69, 9.17) is 16.3 Å². The molecule has 0 aliphatic carbocycles. The standard InChI is InChI=1S/C11H12ClNO2/c12-9-7-13-5-4-8(9)11(14)10-3-1-2-6-15-10/h3-5,7,11,14H,1-2,6H2. The zero-order valence-corrected chi connectivity index (χ0v) is 8.94. The van der Waals surface area contributed by atoms with Gasteiger partial charge < -0.3 is 9.84 Å². The molecule has 0 radical (unpaired) electrons. The van der Waals surface area contributed by atoms with Gasteiger partial charge in [-0.05, 0) is 25.0 Å². The number of hydrogen-bond acceptors (Lipinski definition) is 3. The summed E-state index contributed by atoms with van der Waals surface area (Å²) in [5.74, 6) is 0.592. The zero-order valence-electron chi connectivity index (χ0n) is 8.19. The summed E-state index contributed by atoms with van der Waals surface area (Å²) < 4.78 is 5.38. The van der Waals surface area contributed by atoms with Crippen molar-refractivity contribution in [3.05, 3.63) is 40.9 Å². The molecule has 0 bridgehead atoms. The maximum Gasteiger partial charge on any atom is 0.137 e. The third-order valence-corrected chi connectivity index (χ3v) is 2.65. The van der Waals surface area contributed by atoms with Gasteiger partial charge in [-0.1, -0.05) is 11.6 Å². The van der Waals surface area contributed by atoms with Crippen LogP contribution in [0.15, 0.2) is 30.3 Å². The first-order valence-electron chi connectivity index (χ1n) is 4.89. The quantitative estimate of drug-likeness (QED) is 0.841. The number of nitrogens with zero attached hydrogens (tertiary/aromatic N) is 1. The van der Waals surface area contributed by atoms with Crippen LogP contribution in [0.2, 0.25) is 5.02 Å². The molecule has 1 atom stereocenters. The number of hydrogen-bond donors (Lipinski definition) is 1. The normalized spacial score (nSPS) is 17.9. The first-order valence-corrected chi connectivity index (χ1v) is 5.27. The molecule has 1 N–H and O–H groups in total. The molecule has 2 heterocycles. The van der Waals surface area contributed by atoms with E-state index in [1.54, 1.807) is 12.3 Å². The lowest BCUT2D eigenvalue weighted by Gasteiger charge is -2.20. The molecule has 0 aromatic carbocycles. The Morgan fingerprint density at radius 3 is 3.07 bits per heavy atom. The molecule has 80 valence electrons. The molecule has 1 unspecified atom stereocenters. The molecule has 0 spiro atoms. The number of aliphatic hydroxyl groups excluding tert-OH is 1. The Labute approximate surface area is 93.4 Å². The summed E-state index contributed by atoms with van der Waals surface area (Å²) in [4.78, 5) is 3.87. The highest BCUT2D eigenvalue weighted by molar-refractivity contribution is 6.31. The molecule has 2 rings (SSSR count). The first kappa shape index (κ1) is 10.5. The number of aliphatic hydroxyl groups is 1. The van der Waals surface area contributed by atoms with Gasteiger partial charge in [0, 0.05) is 18.0 Å². The van der Waals surface area contributed by atoms with Crippen molar-refractivity contribution in [2.45, 2.75) is 18.9 Å². The van der Waals surface area contributed by atoms with Crippen molar-refractivity contribution in [3.63, 3.8) is 0 Å². The Morgan fingerprint density at radius 2 is 2.40 bits per heavy atom. The number of pyridine rings is 1. The lowest BCUT2D eigenvalue weighted by atomic mass is 10.1. The second kappa shape index (κ2) is 4.64. The second-order valence-electron chi connectivity index (χ2n) is 3.40. The van der Waals surface area contributed by atoms with Crippen molar-refractivity contribution in [2.24, 2.45) is 0 Å². The second-order valence-corrected chi connectivity index (χ2v) is 3.80. The maximum atomic E-state index is 10.0. The van der Waals surface area contributed by atoms with Crippen LogP contribution >= 0.6 is 11.6 Å². The fourth-order valence-electron chi connectivity index (χ4n) is 1.53. The Morgan fingerprint density at radius 1 is 1.53 bits per heavy atom. The van der Waals surface area contributed by atoms with Gasteiger partial charge in [0.25, 0.3) is 0 Å². The third-order valence-electron chi connectivity index (χ3n) is 2.33. The summed E-state index contributed by atoms with van der Waals surface area (Å²) in [5, 5.41) is 10.5. The molecule has 1 aliphatic heterocycles. The fraction of sp³-hybridized carbons (Fsp3) is 0.364. The third kappa shape index (κ3) is 2.30. The predicted octanol–water partition coefficient (Wildman–Crippen LogP) is 2.46. The van der Waals surface area contributed by atoms with Gasteiger partial charge in [-0.3, -0.25) is 4.98 Å². The van der Waals surface area contributed by atoms with Gasteiger partial charge in [-0.2, -0.15) is 0 Å². The molecule has 1 aromatic heterocycles. The highest BCUT2D eigenvalue weighted by Crippen LogP contribution is 2.29. The molecule has 0 saturated carbocycles. The number of rotatable bonds is 2. The maximum absolute atomic E-state index is 10.0. The van der Waals surface area contributed by atoms with E-state index in [0.29, 0.717) is 23.0 Å². The van der Waals surface area contributed by atoms with Gasteiger partial charge in [-0.15, -0.1) is 0 Å². The van der Waals surface area contributed by atoms with Crippen LogP contribution in [0, 0.1) is 0 Å². The van der Waals surface area contributed by atoms with Crippen LogP contribution in [-0.2, 0) is 4.74 Å². The van der Waals surface area contributed by atoms with E-state index in [2.05, 4.69) is 4.98 Å². The Kier molecular flexibility index (Phi) is 3.23. The van der Waals surface area contributed by atoms with Crippen molar-refractivity contribution in [1.29, 1.82) is 0 Å². The highest BCUT2D eigenvalue weighted by atomic mass is 35.5. The smallest absolute Gasteiger partial charge is 0.137 e. The van der Waals surface area contributed by atoms with E-state index >= 15 is 0 Å². The molecule has 1 aromatic rings. The average Bonchev–Trinajstić information content (AvgIpc) is 2.30. The molecule has 3 nitrogen and oxygen atoms in total. The van der Waals surface area contributed by atoms with Gasteiger partial charge >= 0.3 is 0 Å². The van der Waals surface area contributed by atoms with Crippen LogP contribution in [0.25, 0.3) is 0 Å². The lowest BCUT2D eigenvalue weighted by Crippen LogP contribution is -2.10. The SMILES string of the molecule is OC(C1=CCCCO1)c1ccncc1Cl. The Bertz CT molecular complexity index is 379. The van der Waals surface area contributed by atoms with Crippen molar-refractivity contribution in [2.75, 3.05) is 6.61 Å². The largest absolute Gasteiger partial charge is 0.495 e. The Balaban J connectivity index is 2.23. The lowest BCUT2D eigenvalue weighted by molar-refractivity contribution is 0.0918. The van der Waals surface area contributed by atoms with E-state index in [0.717, 1.165) is 12.8 Å². The van der Waals surface area contributed by atoms with Crippen LogP contribution in [0.1, 0.15) is 24.5 Å². The fourth-order valence-corrected chi connectivity index (χ4v) is 1.75. The summed E-state index contributed by atoms with van der Waals surface area (Å²) in [5.41, 5.74) is 0.639. The van der Waals surface area contributed by atoms with Crippen molar-refractivity contribution < 1.29 is 9.84 Å². The summed E-state index contributed by atoms with van der Waals surface area (Å²) in [6.45, 7) is 0.658. The topological polar surface area (TPSA) is 42.4 Å². The molecule has 15 heavy (non-hydrogen) atoms. The molecule has 1 aliphatic rings. The predicted molar refractivity (Wildman–Crippen MR) is 57.5 cm³/mol. The minimum absolute atomic E-state index is 0.458. The first-order chi connectivity index (χ1) is 7.29. The van der Waals surface area contributed by atoms with Crippen LogP contribution in [0.3, 0.4) is 0 Å². The summed E-state index contributed by atoms with van der Waals surface area (Å²) >= 11 is 5.93. The van der Waals surface area contributed by atoms with Gasteiger partial charge in [0.15, 0.2) is 0 Å². The summed E-state index contributed by atoms with van der Waals surface area (Å²) in [6.07, 6.45) is 6.19. The number of aromatic nitrogens is 1. The van der Waals surface area contributed by atoms with Crippen molar-refractivity contribution >= 4 is 11.6 Å². The highest BCUT2D eigenvalue weighted by Gasteiger charge is 2.19. The number of halogens is 1. The minimum atomic E-state index is -0.777. The molecule has 0 fully saturated rings. The van der Waals surface area contributed by atoms with Crippen molar-refractivity contribution in [1.82, 2.24) is 4.98 Å². The number of allylic oxidation sites excluding steroid dienone is 1.